The van der Waals surface area contributed by atoms with Gasteiger partial charge < -0.3 is 15.3 Å². The molecule has 2 rings (SSSR count). The molecule has 1 unspecified atom stereocenters. The number of carbonyl (C=O) groups is 1. The minimum absolute atomic E-state index is 0.0600. The molecule has 3 atom stereocenters. The third kappa shape index (κ3) is 2.54. The van der Waals surface area contributed by atoms with Gasteiger partial charge in [0.05, 0.1) is 12.1 Å². The van der Waals surface area contributed by atoms with Gasteiger partial charge in [-0.25, -0.2) is 0 Å². The monoisotopic (exact) mass is 254 g/mol. The Morgan fingerprint density at radius 3 is 2.61 bits per heavy atom. The van der Waals surface area contributed by atoms with Crippen molar-refractivity contribution in [2.45, 2.75) is 51.7 Å². The summed E-state index contributed by atoms with van der Waals surface area (Å²) in [5.74, 6) is 0.330. The Hall–Kier alpha value is -0.610. The molecule has 0 aromatic heterocycles. The molecule has 0 radical (unpaired) electrons. The van der Waals surface area contributed by atoms with Gasteiger partial charge in [-0.3, -0.25) is 4.79 Å². The second kappa shape index (κ2) is 5.17. The highest BCUT2D eigenvalue weighted by Crippen LogP contribution is 2.41. The minimum atomic E-state index is -0.425. The van der Waals surface area contributed by atoms with Gasteiger partial charge >= 0.3 is 0 Å². The maximum atomic E-state index is 12.6. The van der Waals surface area contributed by atoms with Crippen LogP contribution in [-0.4, -0.2) is 48.2 Å². The molecule has 1 saturated heterocycles. The molecule has 104 valence electrons. The number of rotatable bonds is 2. The minimum Gasteiger partial charge on any atom is -0.390 e. The van der Waals surface area contributed by atoms with E-state index in [1.54, 1.807) is 4.90 Å². The number of nitrogens with zero attached hydrogens (tertiary/aromatic N) is 1. The summed E-state index contributed by atoms with van der Waals surface area (Å²) in [5.41, 5.74) is 0.0978. The Morgan fingerprint density at radius 2 is 2.06 bits per heavy atom. The summed E-state index contributed by atoms with van der Waals surface area (Å²) in [6.07, 6.45) is 4.08. The van der Waals surface area contributed by atoms with Crippen molar-refractivity contribution >= 4 is 5.91 Å². The smallest absolute Gasteiger partial charge is 0.226 e. The molecule has 2 N–H and O–H groups in total. The molecule has 0 spiro atoms. The number of hydrogen-bond donors (Lipinski definition) is 2. The number of nitrogens with one attached hydrogen (secondary N) is 1. The van der Waals surface area contributed by atoms with Gasteiger partial charge in [0, 0.05) is 26.1 Å². The van der Waals surface area contributed by atoms with Crippen molar-refractivity contribution in [1.29, 1.82) is 0 Å². The SMILES string of the molecule is CN(C(=O)C1CCCCC1(C)C)[C@@H]1CNC[C@H]1O. The number of aliphatic hydroxyl groups excluding tert-OH is 1. The lowest BCUT2D eigenvalue weighted by Crippen LogP contribution is -2.50. The van der Waals surface area contributed by atoms with Crippen molar-refractivity contribution in [2.75, 3.05) is 20.1 Å². The van der Waals surface area contributed by atoms with E-state index in [1.165, 1.54) is 6.42 Å². The number of aliphatic hydroxyl groups is 1. The highest BCUT2D eigenvalue weighted by atomic mass is 16.3. The van der Waals surface area contributed by atoms with Crippen LogP contribution in [-0.2, 0) is 4.79 Å². The first kappa shape index (κ1) is 13.8. The van der Waals surface area contributed by atoms with Crippen molar-refractivity contribution in [1.82, 2.24) is 10.2 Å². The van der Waals surface area contributed by atoms with Crippen molar-refractivity contribution < 1.29 is 9.90 Å². The van der Waals surface area contributed by atoms with E-state index in [0.717, 1.165) is 19.3 Å². The quantitative estimate of drug-likeness (QED) is 0.773. The van der Waals surface area contributed by atoms with Crippen LogP contribution < -0.4 is 5.32 Å². The lowest BCUT2D eigenvalue weighted by atomic mass is 9.68. The third-order valence-corrected chi connectivity index (χ3v) is 4.80. The molecule has 0 aromatic carbocycles. The zero-order chi connectivity index (χ0) is 13.3. The van der Waals surface area contributed by atoms with Gasteiger partial charge in [0.15, 0.2) is 0 Å². The van der Waals surface area contributed by atoms with E-state index in [1.807, 2.05) is 7.05 Å². The van der Waals surface area contributed by atoms with E-state index in [0.29, 0.717) is 13.1 Å². The van der Waals surface area contributed by atoms with Gasteiger partial charge in [-0.15, -0.1) is 0 Å². The predicted molar refractivity (Wildman–Crippen MR) is 71.2 cm³/mol. The highest BCUT2D eigenvalue weighted by Gasteiger charge is 2.41. The topological polar surface area (TPSA) is 52.6 Å². The lowest BCUT2D eigenvalue weighted by molar-refractivity contribution is -0.143. The molecule has 0 bridgehead atoms. The fourth-order valence-corrected chi connectivity index (χ4v) is 3.41. The molecule has 2 aliphatic rings. The summed E-state index contributed by atoms with van der Waals surface area (Å²) in [6, 6.07) is -0.0600. The van der Waals surface area contributed by atoms with Crippen LogP contribution in [0.3, 0.4) is 0 Å². The van der Waals surface area contributed by atoms with E-state index < -0.39 is 6.10 Å². The van der Waals surface area contributed by atoms with E-state index in [-0.39, 0.29) is 23.3 Å². The predicted octanol–water partition coefficient (Wildman–Crippen LogP) is 0.994. The Morgan fingerprint density at radius 1 is 1.33 bits per heavy atom. The number of β-amino-alcohol motifs (C(OH)–C–C–N with tert-alkyl or cyclic N) is 1. The van der Waals surface area contributed by atoms with E-state index >= 15 is 0 Å². The molecular formula is C14H26N2O2. The number of likely N-dealkylation sites (N-methyl/N-ethyl adjacent to an activating group) is 1. The normalized spacial score (nSPS) is 35.4. The molecular weight excluding hydrogens is 228 g/mol. The molecule has 18 heavy (non-hydrogen) atoms. The Bertz CT molecular complexity index is 317. The van der Waals surface area contributed by atoms with Crippen LogP contribution >= 0.6 is 0 Å². The second-order valence-electron chi connectivity index (χ2n) is 6.53. The fraction of sp³-hybridized carbons (Fsp3) is 0.929. The summed E-state index contributed by atoms with van der Waals surface area (Å²) in [7, 11) is 1.84. The number of carbonyl (C=O) groups excluding carboxylic acids is 1. The summed E-state index contributed by atoms with van der Waals surface area (Å²) < 4.78 is 0. The van der Waals surface area contributed by atoms with E-state index in [9.17, 15) is 9.90 Å². The lowest BCUT2D eigenvalue weighted by Gasteiger charge is -2.41. The van der Waals surface area contributed by atoms with Crippen LogP contribution in [0.15, 0.2) is 0 Å². The van der Waals surface area contributed by atoms with Crippen LogP contribution in [0.2, 0.25) is 0 Å². The van der Waals surface area contributed by atoms with Crippen LogP contribution in [0.4, 0.5) is 0 Å². The Balaban J connectivity index is 2.05. The van der Waals surface area contributed by atoms with Crippen LogP contribution in [0, 0.1) is 11.3 Å². The highest BCUT2D eigenvalue weighted by molar-refractivity contribution is 5.80. The summed E-state index contributed by atoms with van der Waals surface area (Å²) >= 11 is 0. The fourth-order valence-electron chi connectivity index (χ4n) is 3.41. The summed E-state index contributed by atoms with van der Waals surface area (Å²) in [4.78, 5) is 14.4. The van der Waals surface area contributed by atoms with E-state index in [4.69, 9.17) is 0 Å². The van der Waals surface area contributed by atoms with Gasteiger partial charge in [0.25, 0.3) is 0 Å². The molecule has 4 heteroatoms. The van der Waals surface area contributed by atoms with Gasteiger partial charge in [-0.2, -0.15) is 0 Å². The zero-order valence-corrected chi connectivity index (χ0v) is 11.8. The first-order valence-electron chi connectivity index (χ1n) is 7.09. The molecule has 0 aromatic rings. The van der Waals surface area contributed by atoms with Gasteiger partial charge in [-0.1, -0.05) is 26.7 Å². The van der Waals surface area contributed by atoms with Crippen LogP contribution in [0.25, 0.3) is 0 Å². The molecule has 1 aliphatic carbocycles. The van der Waals surface area contributed by atoms with E-state index in [2.05, 4.69) is 19.2 Å². The summed E-state index contributed by atoms with van der Waals surface area (Å²) in [6.45, 7) is 5.70. The average molecular weight is 254 g/mol. The number of amides is 1. The molecule has 1 amide bonds. The maximum Gasteiger partial charge on any atom is 0.226 e. The Labute approximate surface area is 110 Å². The molecule has 1 saturated carbocycles. The molecule has 4 nitrogen and oxygen atoms in total. The first-order valence-corrected chi connectivity index (χ1v) is 7.09. The third-order valence-electron chi connectivity index (χ3n) is 4.80. The second-order valence-corrected chi connectivity index (χ2v) is 6.53. The average Bonchev–Trinajstić information content (AvgIpc) is 2.73. The van der Waals surface area contributed by atoms with Crippen LogP contribution in [0.1, 0.15) is 39.5 Å². The zero-order valence-electron chi connectivity index (χ0n) is 11.8. The number of hydrogen-bond acceptors (Lipinski definition) is 3. The Kier molecular flexibility index (Phi) is 3.97. The van der Waals surface area contributed by atoms with Crippen molar-refractivity contribution in [3.05, 3.63) is 0 Å². The standard InChI is InChI=1S/C14H26N2O2/c1-14(2)7-5-4-6-10(14)13(18)16(3)11-8-15-9-12(11)17/h10-12,15,17H,4-9H2,1-3H3/t10?,11-,12-/m1/s1. The summed E-state index contributed by atoms with van der Waals surface area (Å²) in [5, 5.41) is 13.0. The largest absolute Gasteiger partial charge is 0.390 e. The van der Waals surface area contributed by atoms with Gasteiger partial charge in [0.1, 0.15) is 0 Å². The maximum absolute atomic E-state index is 12.6. The van der Waals surface area contributed by atoms with Gasteiger partial charge in [0.2, 0.25) is 5.91 Å². The molecule has 1 aliphatic heterocycles. The van der Waals surface area contributed by atoms with Crippen molar-refractivity contribution in [2.24, 2.45) is 11.3 Å². The first-order chi connectivity index (χ1) is 8.43. The van der Waals surface area contributed by atoms with Gasteiger partial charge in [-0.05, 0) is 18.3 Å². The molecule has 2 fully saturated rings. The molecule has 1 heterocycles. The van der Waals surface area contributed by atoms with Crippen LogP contribution in [0.5, 0.6) is 0 Å². The van der Waals surface area contributed by atoms with Crippen molar-refractivity contribution in [3.63, 3.8) is 0 Å². The van der Waals surface area contributed by atoms with Crippen molar-refractivity contribution in [3.8, 4) is 0 Å².